The molecule has 0 aliphatic rings. The van der Waals surface area contributed by atoms with Crippen LogP contribution in [0, 0.1) is 0 Å². The van der Waals surface area contributed by atoms with Crippen LogP contribution in [0.5, 0.6) is 5.75 Å². The number of nitrogens with one attached hydrogen (secondary N) is 1. The maximum Gasteiger partial charge on any atom is 0.261 e. The van der Waals surface area contributed by atoms with E-state index in [1.165, 1.54) is 25.3 Å². The molecule has 1 N–H and O–H groups in total. The Hall–Kier alpha value is -1.24. The minimum atomic E-state index is -3.64. The summed E-state index contributed by atoms with van der Waals surface area (Å²) in [7, 11) is -2.14. The van der Waals surface area contributed by atoms with Gasteiger partial charge in [-0.3, -0.25) is 4.72 Å². The molecule has 0 saturated heterocycles. The normalized spacial score (nSPS) is 11.2. The first-order valence-corrected chi connectivity index (χ1v) is 8.20. The van der Waals surface area contributed by atoms with Gasteiger partial charge in [0, 0.05) is 4.47 Å². The van der Waals surface area contributed by atoms with Crippen LogP contribution >= 0.6 is 27.5 Å². The van der Waals surface area contributed by atoms with Gasteiger partial charge in [0.15, 0.2) is 0 Å². The molecule has 4 nitrogen and oxygen atoms in total. The molecule has 2 aromatic rings. The third-order valence-electron chi connectivity index (χ3n) is 2.53. The van der Waals surface area contributed by atoms with Gasteiger partial charge in [0.05, 0.1) is 22.7 Å². The van der Waals surface area contributed by atoms with E-state index in [1.807, 2.05) is 0 Å². The highest BCUT2D eigenvalue weighted by Crippen LogP contribution is 2.28. The lowest BCUT2D eigenvalue weighted by Gasteiger charge is -2.10. The van der Waals surface area contributed by atoms with Gasteiger partial charge < -0.3 is 4.74 Å². The Labute approximate surface area is 130 Å². The zero-order valence-electron chi connectivity index (χ0n) is 10.4. The first-order valence-electron chi connectivity index (χ1n) is 5.54. The van der Waals surface area contributed by atoms with E-state index in [1.54, 1.807) is 24.3 Å². The third-order valence-corrected chi connectivity index (χ3v) is 4.75. The first-order chi connectivity index (χ1) is 9.42. The molecule has 0 saturated carbocycles. The zero-order chi connectivity index (χ0) is 14.8. The Kier molecular flexibility index (Phi) is 4.57. The summed E-state index contributed by atoms with van der Waals surface area (Å²) in [4.78, 5) is 0.174. The van der Waals surface area contributed by atoms with Crippen LogP contribution in [0.2, 0.25) is 5.02 Å². The van der Waals surface area contributed by atoms with Crippen molar-refractivity contribution in [2.24, 2.45) is 0 Å². The van der Waals surface area contributed by atoms with Crippen molar-refractivity contribution in [1.29, 1.82) is 0 Å². The second-order valence-electron chi connectivity index (χ2n) is 3.91. The molecule has 0 radical (unpaired) electrons. The van der Waals surface area contributed by atoms with E-state index in [4.69, 9.17) is 16.3 Å². The Morgan fingerprint density at radius 2 is 1.80 bits per heavy atom. The van der Waals surface area contributed by atoms with Gasteiger partial charge >= 0.3 is 0 Å². The fourth-order valence-electron chi connectivity index (χ4n) is 1.56. The summed E-state index contributed by atoms with van der Waals surface area (Å²) in [6, 6.07) is 11.0. The molecular formula is C13H11BrClNO3S. The standard InChI is InChI=1S/C13H11BrClNO3S/c1-19-13-7-4-10(8-12(13)15)16-20(17,18)11-5-2-9(14)3-6-11/h2-8,16H,1H3. The van der Waals surface area contributed by atoms with Gasteiger partial charge in [0.25, 0.3) is 10.0 Å². The first kappa shape index (κ1) is 15.2. The molecule has 0 heterocycles. The number of sulfonamides is 1. The predicted octanol–water partition coefficient (Wildman–Crippen LogP) is 3.91. The predicted molar refractivity (Wildman–Crippen MR) is 83.0 cm³/mol. The monoisotopic (exact) mass is 375 g/mol. The van der Waals surface area contributed by atoms with Crippen LogP contribution in [0.1, 0.15) is 0 Å². The van der Waals surface area contributed by atoms with Crippen LogP contribution in [0.15, 0.2) is 51.8 Å². The van der Waals surface area contributed by atoms with Crippen molar-refractivity contribution in [1.82, 2.24) is 0 Å². The van der Waals surface area contributed by atoms with Gasteiger partial charge in [-0.05, 0) is 42.5 Å². The highest BCUT2D eigenvalue weighted by molar-refractivity contribution is 9.10. The van der Waals surface area contributed by atoms with E-state index in [2.05, 4.69) is 20.7 Å². The lowest BCUT2D eigenvalue weighted by molar-refractivity contribution is 0.415. The van der Waals surface area contributed by atoms with Gasteiger partial charge in [0.1, 0.15) is 5.75 Å². The second kappa shape index (κ2) is 6.03. The van der Waals surface area contributed by atoms with E-state index in [0.717, 1.165) is 4.47 Å². The minimum Gasteiger partial charge on any atom is -0.495 e. The van der Waals surface area contributed by atoms with E-state index >= 15 is 0 Å². The Balaban J connectivity index is 2.28. The summed E-state index contributed by atoms with van der Waals surface area (Å²) in [5, 5.41) is 0.337. The van der Waals surface area contributed by atoms with Crippen molar-refractivity contribution < 1.29 is 13.2 Å². The summed E-state index contributed by atoms with van der Waals surface area (Å²) in [5.41, 5.74) is 0.374. The molecule has 0 atom stereocenters. The van der Waals surface area contributed by atoms with Crippen LogP contribution in [0.4, 0.5) is 5.69 Å². The highest BCUT2D eigenvalue weighted by Gasteiger charge is 2.14. The van der Waals surface area contributed by atoms with Crippen molar-refractivity contribution in [2.45, 2.75) is 4.90 Å². The van der Waals surface area contributed by atoms with Crippen LogP contribution in [-0.4, -0.2) is 15.5 Å². The number of rotatable bonds is 4. The average Bonchev–Trinajstić information content (AvgIpc) is 2.39. The van der Waals surface area contributed by atoms with Gasteiger partial charge in [-0.2, -0.15) is 0 Å². The quantitative estimate of drug-likeness (QED) is 0.880. The highest BCUT2D eigenvalue weighted by atomic mass is 79.9. The fourth-order valence-corrected chi connectivity index (χ4v) is 3.13. The molecule has 7 heteroatoms. The van der Waals surface area contributed by atoms with Crippen molar-refractivity contribution >= 4 is 43.2 Å². The maximum absolute atomic E-state index is 12.2. The topological polar surface area (TPSA) is 55.4 Å². The molecule has 0 amide bonds. The Bertz CT molecular complexity index is 717. The molecule has 0 bridgehead atoms. The van der Waals surface area contributed by atoms with E-state index in [0.29, 0.717) is 16.5 Å². The molecule has 0 aromatic heterocycles. The molecule has 0 aliphatic carbocycles. The SMILES string of the molecule is COc1ccc(NS(=O)(=O)c2ccc(Br)cc2)cc1Cl. The van der Waals surface area contributed by atoms with Crippen LogP contribution in [0.25, 0.3) is 0 Å². The molecule has 2 aromatic carbocycles. The molecule has 2 rings (SSSR count). The fraction of sp³-hybridized carbons (Fsp3) is 0.0769. The molecular weight excluding hydrogens is 366 g/mol. The summed E-state index contributed by atoms with van der Waals surface area (Å²) >= 11 is 9.22. The third kappa shape index (κ3) is 3.45. The van der Waals surface area contributed by atoms with E-state index < -0.39 is 10.0 Å². The van der Waals surface area contributed by atoms with Gasteiger partial charge in [-0.25, -0.2) is 8.42 Å². The van der Waals surface area contributed by atoms with Gasteiger partial charge in [-0.1, -0.05) is 27.5 Å². The molecule has 106 valence electrons. The Morgan fingerprint density at radius 1 is 1.15 bits per heavy atom. The van der Waals surface area contributed by atoms with Crippen molar-refractivity contribution in [3.05, 3.63) is 52.0 Å². The smallest absolute Gasteiger partial charge is 0.261 e. The van der Waals surface area contributed by atoms with Crippen molar-refractivity contribution in [3.63, 3.8) is 0 Å². The lowest BCUT2D eigenvalue weighted by atomic mass is 10.3. The number of methoxy groups -OCH3 is 1. The summed E-state index contributed by atoms with van der Waals surface area (Å²) in [6.45, 7) is 0. The molecule has 0 unspecified atom stereocenters. The number of halogens is 2. The molecule has 0 spiro atoms. The molecule has 20 heavy (non-hydrogen) atoms. The van der Waals surface area contributed by atoms with Crippen molar-refractivity contribution in [3.8, 4) is 5.75 Å². The number of anilines is 1. The minimum absolute atomic E-state index is 0.174. The molecule has 0 fully saturated rings. The average molecular weight is 377 g/mol. The second-order valence-corrected chi connectivity index (χ2v) is 6.91. The largest absolute Gasteiger partial charge is 0.495 e. The number of hydrogen-bond donors (Lipinski definition) is 1. The summed E-state index contributed by atoms with van der Waals surface area (Å²) in [5.74, 6) is 0.484. The number of hydrogen-bond acceptors (Lipinski definition) is 3. The van der Waals surface area contributed by atoms with Crippen LogP contribution < -0.4 is 9.46 Å². The van der Waals surface area contributed by atoms with Crippen LogP contribution in [-0.2, 0) is 10.0 Å². The number of ether oxygens (including phenoxy) is 1. The zero-order valence-corrected chi connectivity index (χ0v) is 13.6. The lowest BCUT2D eigenvalue weighted by Crippen LogP contribution is -2.12. The van der Waals surface area contributed by atoms with E-state index in [9.17, 15) is 8.42 Å². The van der Waals surface area contributed by atoms with Crippen molar-refractivity contribution in [2.75, 3.05) is 11.8 Å². The Morgan fingerprint density at radius 3 is 2.35 bits per heavy atom. The molecule has 0 aliphatic heterocycles. The van der Waals surface area contributed by atoms with Gasteiger partial charge in [-0.15, -0.1) is 0 Å². The van der Waals surface area contributed by atoms with Crippen LogP contribution in [0.3, 0.4) is 0 Å². The summed E-state index contributed by atoms with van der Waals surface area (Å²) in [6.07, 6.45) is 0. The summed E-state index contributed by atoms with van der Waals surface area (Å²) < 4.78 is 32.6. The van der Waals surface area contributed by atoms with Gasteiger partial charge in [0.2, 0.25) is 0 Å². The maximum atomic E-state index is 12.2. The van der Waals surface area contributed by atoms with E-state index in [-0.39, 0.29) is 4.90 Å². The number of benzene rings is 2.